The van der Waals surface area contributed by atoms with Gasteiger partial charge in [-0.2, -0.15) is 0 Å². The van der Waals surface area contributed by atoms with Crippen LogP contribution in [0.4, 0.5) is 0 Å². The predicted molar refractivity (Wildman–Crippen MR) is 65.8 cm³/mol. The Balaban J connectivity index is 2.17. The van der Waals surface area contributed by atoms with Gasteiger partial charge in [0.1, 0.15) is 0 Å². The highest BCUT2D eigenvalue weighted by Crippen LogP contribution is 2.18. The van der Waals surface area contributed by atoms with Crippen molar-refractivity contribution in [1.82, 2.24) is 10.6 Å². The summed E-state index contributed by atoms with van der Waals surface area (Å²) in [6, 6.07) is 5.27. The minimum absolute atomic E-state index is 0.310. The predicted octanol–water partition coefficient (Wildman–Crippen LogP) is 1.19. The van der Waals surface area contributed by atoms with Crippen molar-refractivity contribution in [1.29, 1.82) is 0 Å². The number of hydrogen-bond acceptors (Lipinski definition) is 3. The molecule has 0 aliphatic carbocycles. The maximum atomic E-state index is 11.4. The first-order valence-electron chi connectivity index (χ1n) is 5.53. The monoisotopic (exact) mass is 230 g/mol. The van der Waals surface area contributed by atoms with Crippen molar-refractivity contribution in [3.8, 4) is 0 Å². The zero-order valence-electron chi connectivity index (χ0n) is 9.62. The van der Waals surface area contributed by atoms with E-state index in [0.717, 1.165) is 18.5 Å². The third kappa shape index (κ3) is 2.42. The summed E-state index contributed by atoms with van der Waals surface area (Å²) in [5.41, 5.74) is 1.86. The summed E-state index contributed by atoms with van der Waals surface area (Å²) in [6.45, 7) is 0.917. The summed E-state index contributed by atoms with van der Waals surface area (Å²) in [7, 11) is 1.90. The molecule has 0 bridgehead atoms. The number of carbonyl (C=O) groups is 2. The molecule has 0 unspecified atom stereocenters. The van der Waals surface area contributed by atoms with Crippen LogP contribution >= 0.6 is 0 Å². The van der Waals surface area contributed by atoms with Crippen molar-refractivity contribution < 1.29 is 9.59 Å². The minimum Gasteiger partial charge on any atom is -0.319 e. The second-order valence-corrected chi connectivity index (χ2v) is 3.88. The van der Waals surface area contributed by atoms with Gasteiger partial charge in [0.15, 0.2) is 0 Å². The topological polar surface area (TPSA) is 58.2 Å². The van der Waals surface area contributed by atoms with Crippen molar-refractivity contribution in [3.63, 3.8) is 0 Å². The normalized spacial score (nSPS) is 14.2. The van der Waals surface area contributed by atoms with E-state index in [4.69, 9.17) is 0 Å². The van der Waals surface area contributed by atoms with Gasteiger partial charge in [-0.1, -0.05) is 18.2 Å². The Bertz CT molecular complexity index is 492. The van der Waals surface area contributed by atoms with Crippen molar-refractivity contribution >= 4 is 17.9 Å². The van der Waals surface area contributed by atoms with Crippen LogP contribution < -0.4 is 10.6 Å². The molecule has 0 fully saturated rings. The first kappa shape index (κ1) is 11.5. The molecule has 1 aromatic carbocycles. The van der Waals surface area contributed by atoms with E-state index in [-0.39, 0.29) is 11.8 Å². The number of imide groups is 1. The molecule has 1 aromatic rings. The fraction of sp³-hybridized carbons (Fsp3) is 0.231. The number of hydrogen-bond donors (Lipinski definition) is 2. The van der Waals surface area contributed by atoms with Gasteiger partial charge in [0.25, 0.3) is 11.8 Å². The Morgan fingerprint density at radius 2 is 2.00 bits per heavy atom. The van der Waals surface area contributed by atoms with E-state index in [1.165, 1.54) is 0 Å². The van der Waals surface area contributed by atoms with E-state index >= 15 is 0 Å². The zero-order chi connectivity index (χ0) is 12.3. The van der Waals surface area contributed by atoms with Crippen LogP contribution in [-0.2, 0) is 0 Å². The average Bonchev–Trinajstić information content (AvgIpc) is 2.61. The Morgan fingerprint density at radius 1 is 1.24 bits per heavy atom. The summed E-state index contributed by atoms with van der Waals surface area (Å²) in [5, 5.41) is 5.32. The number of nitrogens with one attached hydrogen (secondary N) is 2. The van der Waals surface area contributed by atoms with Crippen LogP contribution in [0.2, 0.25) is 0 Å². The Kier molecular flexibility index (Phi) is 3.35. The maximum absolute atomic E-state index is 11.4. The second kappa shape index (κ2) is 4.93. The summed E-state index contributed by atoms with van der Waals surface area (Å²) >= 11 is 0. The lowest BCUT2D eigenvalue weighted by Gasteiger charge is -1.97. The Labute approximate surface area is 99.7 Å². The Hall–Kier alpha value is -1.94. The molecule has 17 heavy (non-hydrogen) atoms. The molecule has 0 aromatic heterocycles. The van der Waals surface area contributed by atoms with Crippen LogP contribution in [0, 0.1) is 0 Å². The van der Waals surface area contributed by atoms with E-state index in [0.29, 0.717) is 11.1 Å². The van der Waals surface area contributed by atoms with Gasteiger partial charge < -0.3 is 5.32 Å². The SMILES string of the molecule is CNCCC=Cc1ccc2c(c1)C(=O)NC2=O. The van der Waals surface area contributed by atoms with E-state index in [1.807, 2.05) is 25.3 Å². The largest absolute Gasteiger partial charge is 0.319 e. The second-order valence-electron chi connectivity index (χ2n) is 3.88. The fourth-order valence-electron chi connectivity index (χ4n) is 1.74. The number of rotatable bonds is 4. The van der Waals surface area contributed by atoms with E-state index in [2.05, 4.69) is 10.6 Å². The number of carbonyl (C=O) groups excluding carboxylic acids is 2. The first-order chi connectivity index (χ1) is 8.22. The summed E-state index contributed by atoms with van der Waals surface area (Å²) in [6.07, 6.45) is 4.92. The highest BCUT2D eigenvalue weighted by atomic mass is 16.2. The van der Waals surface area contributed by atoms with Crippen LogP contribution in [0.15, 0.2) is 24.3 Å². The molecule has 0 spiro atoms. The van der Waals surface area contributed by atoms with Crippen LogP contribution in [0.3, 0.4) is 0 Å². The van der Waals surface area contributed by atoms with Gasteiger partial charge in [-0.3, -0.25) is 14.9 Å². The first-order valence-corrected chi connectivity index (χ1v) is 5.53. The molecule has 4 nitrogen and oxygen atoms in total. The lowest BCUT2D eigenvalue weighted by molar-refractivity contribution is 0.0879. The summed E-state index contributed by atoms with van der Waals surface area (Å²) < 4.78 is 0. The quantitative estimate of drug-likeness (QED) is 0.603. The zero-order valence-corrected chi connectivity index (χ0v) is 9.62. The lowest BCUT2D eigenvalue weighted by atomic mass is 10.1. The van der Waals surface area contributed by atoms with Crippen LogP contribution in [-0.4, -0.2) is 25.4 Å². The third-order valence-electron chi connectivity index (χ3n) is 2.63. The van der Waals surface area contributed by atoms with Crippen molar-refractivity contribution in [3.05, 3.63) is 41.0 Å². The lowest BCUT2D eigenvalue weighted by Crippen LogP contribution is -2.19. The van der Waals surface area contributed by atoms with E-state index in [9.17, 15) is 9.59 Å². The molecule has 1 aliphatic rings. The maximum Gasteiger partial charge on any atom is 0.258 e. The number of fused-ring (bicyclic) bond motifs is 1. The molecule has 0 atom stereocenters. The van der Waals surface area contributed by atoms with Gasteiger partial charge in [-0.15, -0.1) is 0 Å². The molecule has 2 amide bonds. The van der Waals surface area contributed by atoms with Gasteiger partial charge in [-0.25, -0.2) is 0 Å². The van der Waals surface area contributed by atoms with Crippen molar-refractivity contribution in [2.24, 2.45) is 0 Å². The molecular weight excluding hydrogens is 216 g/mol. The van der Waals surface area contributed by atoms with Crippen LogP contribution in [0.5, 0.6) is 0 Å². The van der Waals surface area contributed by atoms with E-state index in [1.54, 1.807) is 12.1 Å². The van der Waals surface area contributed by atoms with Gasteiger partial charge in [0, 0.05) is 0 Å². The Morgan fingerprint density at radius 3 is 2.76 bits per heavy atom. The van der Waals surface area contributed by atoms with Gasteiger partial charge in [0.05, 0.1) is 11.1 Å². The molecule has 88 valence electrons. The van der Waals surface area contributed by atoms with E-state index < -0.39 is 0 Å². The highest BCUT2D eigenvalue weighted by molar-refractivity contribution is 6.21. The van der Waals surface area contributed by atoms with Crippen LogP contribution in [0.1, 0.15) is 32.7 Å². The minimum atomic E-state index is -0.310. The molecule has 0 saturated heterocycles. The number of amides is 2. The third-order valence-corrected chi connectivity index (χ3v) is 2.63. The van der Waals surface area contributed by atoms with Gasteiger partial charge in [-0.05, 0) is 37.7 Å². The summed E-state index contributed by atoms with van der Waals surface area (Å²) in [4.78, 5) is 22.8. The molecule has 0 radical (unpaired) electrons. The van der Waals surface area contributed by atoms with Gasteiger partial charge >= 0.3 is 0 Å². The van der Waals surface area contributed by atoms with Crippen molar-refractivity contribution in [2.45, 2.75) is 6.42 Å². The summed E-state index contributed by atoms with van der Waals surface area (Å²) in [5.74, 6) is -0.619. The molecule has 1 heterocycles. The smallest absolute Gasteiger partial charge is 0.258 e. The van der Waals surface area contributed by atoms with Crippen molar-refractivity contribution in [2.75, 3.05) is 13.6 Å². The van der Waals surface area contributed by atoms with Crippen LogP contribution in [0.25, 0.3) is 6.08 Å². The molecule has 4 heteroatoms. The highest BCUT2D eigenvalue weighted by Gasteiger charge is 2.26. The molecule has 2 rings (SSSR count). The fourth-order valence-corrected chi connectivity index (χ4v) is 1.74. The standard InChI is InChI=1S/C13H14N2O2/c1-14-7-3-2-4-9-5-6-10-11(8-9)13(17)15-12(10)16/h2,4-6,8,14H,3,7H2,1H3,(H,15,16,17). The molecule has 1 aliphatic heterocycles. The molecular formula is C13H14N2O2. The number of benzene rings is 1. The average molecular weight is 230 g/mol. The van der Waals surface area contributed by atoms with Gasteiger partial charge in [0.2, 0.25) is 0 Å². The molecule has 0 saturated carbocycles. The molecule has 2 N–H and O–H groups in total.